The summed E-state index contributed by atoms with van der Waals surface area (Å²) in [4.78, 5) is 170. The van der Waals surface area contributed by atoms with E-state index in [-0.39, 0.29) is 82.7 Å². The summed E-state index contributed by atoms with van der Waals surface area (Å²) in [6.45, 7) is 0.365. The minimum absolute atomic E-state index is 0.0148. The van der Waals surface area contributed by atoms with Gasteiger partial charge in [0.05, 0.1) is 31.7 Å². The van der Waals surface area contributed by atoms with Crippen LogP contribution in [0, 0.1) is 0 Å². The Balaban J connectivity index is 1.16. The molecule has 2 aromatic carbocycles. The number of aliphatic imine (C=N–C) groups is 1. The number of aliphatic carboxylic acids is 2. The number of nitrogens with zero attached hydrogens (tertiary/aromatic N) is 5. The molecule has 0 unspecified atom stereocenters. The number of aromatic amines is 2. The average Bonchev–Trinajstić information content (AvgIpc) is 4.07. The minimum Gasteiger partial charge on any atom is -0.508 e. The standard InChI is InChI=1S/C56H75N17O15/c1-30(65-48(80)37(10-5-17-62-56(58)59)66-47(79)36(57)24-45(76)77)46(78)67-38(20-32-13-15-35(75)16-14-32)49(81)71-42(27-74)50(82)68-39(22-33-25-60-28-63-33)53(85)72-18-6-11-43(72)51(83)69-40(23-34-26-61-29-64-34)54(86)73-19-7-12-44(73)52(84)70-41(55(87)88)21-31-8-3-2-4-9-31/h2-4,8-9,13-16,25-26,28-30,36-44,74-75H,5-7,10-12,17-24,27,57H2,1H3,(H,60,63)(H,61,64)(H,65,80)(H,66,79)(H,67,78)(H,68,82)(H,69,83)(H,70,84)(H,71,81)(H,76,77)(H,87,88)(H4,58,59,62)/t30-,36-,37-,38-,39-,40-,41-,42-,43-,44-/m0/s1. The first-order valence-corrected chi connectivity index (χ1v) is 28.4. The number of likely N-dealkylation sites (tertiary alicyclic amines) is 2. The molecule has 32 heteroatoms. The van der Waals surface area contributed by atoms with Crippen LogP contribution in [0.4, 0.5) is 0 Å². The van der Waals surface area contributed by atoms with Gasteiger partial charge >= 0.3 is 11.9 Å². The molecular weight excluding hydrogens is 1150 g/mol. The van der Waals surface area contributed by atoms with Gasteiger partial charge in [-0.3, -0.25) is 52.9 Å². The number of imidazole rings is 2. The zero-order valence-electron chi connectivity index (χ0n) is 48.1. The largest absolute Gasteiger partial charge is 0.508 e. The molecule has 2 fully saturated rings. The Hall–Kier alpha value is -9.98. The first kappa shape index (κ1) is 67.2. The Labute approximate surface area is 504 Å². The number of H-pyrrole nitrogens is 2. The number of amides is 9. The minimum atomic E-state index is -1.79. The average molecular weight is 1230 g/mol. The molecule has 4 aromatic rings. The molecule has 9 amide bonds. The molecule has 6 rings (SSSR count). The number of aromatic nitrogens is 4. The van der Waals surface area contributed by atoms with Crippen LogP contribution in [-0.2, 0) is 78.4 Å². The molecule has 2 aliphatic rings. The molecule has 32 nitrogen and oxygen atoms in total. The van der Waals surface area contributed by atoms with Crippen LogP contribution in [-0.4, -0.2) is 208 Å². The number of guanidine groups is 1. The number of aliphatic hydroxyl groups is 1. The SMILES string of the molecule is C[C@H](NC(=O)[C@H](CCCN=C(N)N)NC(=O)[C@@H](N)CC(=O)O)C(=O)N[C@@H](Cc1ccc(O)cc1)C(=O)N[C@@H](CO)C(=O)N[C@@H](Cc1cnc[nH]1)C(=O)N1CCC[C@H]1C(=O)N[C@@H](Cc1cnc[nH]1)C(=O)N1CCC[C@H]1C(=O)N[C@@H](Cc1ccccc1)C(=O)O. The summed E-state index contributed by atoms with van der Waals surface area (Å²) in [5.41, 5.74) is 18.4. The van der Waals surface area contributed by atoms with Crippen LogP contribution in [0.5, 0.6) is 5.75 Å². The topological polar surface area (TPSA) is 507 Å². The summed E-state index contributed by atoms with van der Waals surface area (Å²) in [6, 6.07) is 0.126. The Bertz CT molecular complexity index is 3090. The van der Waals surface area contributed by atoms with Crippen LogP contribution >= 0.6 is 0 Å². The number of nitrogens with one attached hydrogen (secondary N) is 9. The molecule has 0 saturated carbocycles. The van der Waals surface area contributed by atoms with Gasteiger partial charge in [0, 0.05) is 69.1 Å². The van der Waals surface area contributed by atoms with Crippen molar-refractivity contribution < 1.29 is 73.2 Å². The number of phenols is 1. The van der Waals surface area contributed by atoms with Gasteiger partial charge in [-0.15, -0.1) is 0 Å². The maximum atomic E-state index is 14.8. The van der Waals surface area contributed by atoms with E-state index in [0.29, 0.717) is 35.4 Å². The molecular formula is C56H75N17O15. The molecule has 4 heterocycles. The van der Waals surface area contributed by atoms with Crippen LogP contribution in [0.15, 0.2) is 84.6 Å². The molecule has 0 bridgehead atoms. The fourth-order valence-electron chi connectivity index (χ4n) is 10.0. The number of aliphatic hydroxyl groups excluding tert-OH is 1. The highest BCUT2D eigenvalue weighted by Gasteiger charge is 2.43. The highest BCUT2D eigenvalue weighted by Crippen LogP contribution is 2.23. The van der Waals surface area contributed by atoms with E-state index in [2.05, 4.69) is 62.1 Å². The van der Waals surface area contributed by atoms with Crippen molar-refractivity contribution in [1.29, 1.82) is 0 Å². The summed E-state index contributed by atoms with van der Waals surface area (Å²) in [7, 11) is 0. The molecule has 19 N–H and O–H groups in total. The number of aromatic hydroxyl groups is 1. The lowest BCUT2D eigenvalue weighted by Crippen LogP contribution is -2.61. The van der Waals surface area contributed by atoms with Gasteiger partial charge in [-0.2, -0.15) is 0 Å². The summed E-state index contributed by atoms with van der Waals surface area (Å²) in [5, 5.41) is 57.4. The number of phenolic OH excluding ortho intramolecular Hbond substituents is 1. The summed E-state index contributed by atoms with van der Waals surface area (Å²) < 4.78 is 0. The predicted octanol–water partition coefficient (Wildman–Crippen LogP) is -4.56. The number of hydrogen-bond acceptors (Lipinski definition) is 17. The summed E-state index contributed by atoms with van der Waals surface area (Å²) in [5.74, 6) is -10.8. The van der Waals surface area contributed by atoms with E-state index in [4.69, 9.17) is 22.3 Å². The number of benzene rings is 2. The number of nitrogens with two attached hydrogens (primary N) is 3. The predicted molar refractivity (Wildman–Crippen MR) is 310 cm³/mol. The first-order valence-electron chi connectivity index (χ1n) is 28.4. The number of hydrogen-bond donors (Lipinski definition) is 16. The highest BCUT2D eigenvalue weighted by molar-refractivity contribution is 5.99. The third kappa shape index (κ3) is 19.8. The molecule has 0 radical (unpaired) electrons. The lowest BCUT2D eigenvalue weighted by Gasteiger charge is -2.32. The Morgan fingerprint density at radius 2 is 1.10 bits per heavy atom. The second-order valence-corrected chi connectivity index (χ2v) is 21.3. The molecule has 2 aromatic heterocycles. The van der Waals surface area contributed by atoms with Gasteiger partial charge in [0.1, 0.15) is 60.1 Å². The highest BCUT2D eigenvalue weighted by atomic mass is 16.4. The van der Waals surface area contributed by atoms with Gasteiger partial charge in [0.25, 0.3) is 0 Å². The molecule has 0 aliphatic carbocycles. The lowest BCUT2D eigenvalue weighted by atomic mass is 10.0. The monoisotopic (exact) mass is 1230 g/mol. The molecule has 10 atom stereocenters. The quantitative estimate of drug-likeness (QED) is 0.0124. The van der Waals surface area contributed by atoms with E-state index in [1.165, 1.54) is 66.0 Å². The van der Waals surface area contributed by atoms with E-state index in [0.717, 1.165) is 0 Å². The molecule has 474 valence electrons. The summed E-state index contributed by atoms with van der Waals surface area (Å²) in [6.07, 6.45) is 5.17. The molecule has 88 heavy (non-hydrogen) atoms. The normalized spacial score (nSPS) is 17.3. The fourth-order valence-corrected chi connectivity index (χ4v) is 10.0. The number of carbonyl (C=O) groups excluding carboxylic acids is 9. The van der Waals surface area contributed by atoms with Crippen molar-refractivity contribution in [2.75, 3.05) is 26.2 Å². The van der Waals surface area contributed by atoms with Crippen molar-refractivity contribution in [3.05, 3.63) is 102 Å². The second kappa shape index (κ2) is 32.5. The van der Waals surface area contributed by atoms with Gasteiger partial charge in [-0.25, -0.2) is 14.8 Å². The Morgan fingerprint density at radius 3 is 1.62 bits per heavy atom. The number of carboxylic acid groups (broad SMARTS) is 2. The Kier molecular flexibility index (Phi) is 24.8. The van der Waals surface area contributed by atoms with E-state index < -0.39 is 139 Å². The van der Waals surface area contributed by atoms with E-state index in [1.54, 1.807) is 30.3 Å². The molecule has 2 saturated heterocycles. The lowest BCUT2D eigenvalue weighted by molar-refractivity contribution is -0.145. The van der Waals surface area contributed by atoms with Gasteiger partial charge in [-0.1, -0.05) is 42.5 Å². The first-order chi connectivity index (χ1) is 42.0. The van der Waals surface area contributed by atoms with E-state index >= 15 is 0 Å². The van der Waals surface area contributed by atoms with Crippen molar-refractivity contribution in [2.45, 2.75) is 138 Å². The molecule has 0 spiro atoms. The fraction of sp³-hybridized carbons (Fsp3) is 0.464. The van der Waals surface area contributed by atoms with Crippen LogP contribution in [0.25, 0.3) is 0 Å². The van der Waals surface area contributed by atoms with Crippen LogP contribution in [0.2, 0.25) is 0 Å². The van der Waals surface area contributed by atoms with Gasteiger partial charge in [0.15, 0.2) is 5.96 Å². The van der Waals surface area contributed by atoms with Gasteiger partial charge in [0.2, 0.25) is 53.2 Å². The third-order valence-corrected chi connectivity index (χ3v) is 14.6. The summed E-state index contributed by atoms with van der Waals surface area (Å²) >= 11 is 0. The smallest absolute Gasteiger partial charge is 0.326 e. The number of carbonyl (C=O) groups is 11. The molecule has 2 aliphatic heterocycles. The number of rotatable bonds is 32. The zero-order chi connectivity index (χ0) is 64.0. The third-order valence-electron chi connectivity index (χ3n) is 14.6. The maximum Gasteiger partial charge on any atom is 0.326 e. The van der Waals surface area contributed by atoms with Crippen molar-refractivity contribution in [1.82, 2.24) is 67.0 Å². The number of carboxylic acids is 2. The Morgan fingerprint density at radius 1 is 0.614 bits per heavy atom. The van der Waals surface area contributed by atoms with Crippen LogP contribution in [0.1, 0.15) is 74.4 Å². The van der Waals surface area contributed by atoms with Gasteiger partial charge < -0.3 is 94.6 Å². The van der Waals surface area contributed by atoms with Crippen molar-refractivity contribution in [3.8, 4) is 5.75 Å². The van der Waals surface area contributed by atoms with E-state index in [9.17, 15) is 68.1 Å². The van der Waals surface area contributed by atoms with Crippen molar-refractivity contribution in [3.63, 3.8) is 0 Å². The maximum absolute atomic E-state index is 14.8. The zero-order valence-corrected chi connectivity index (χ0v) is 48.1. The van der Waals surface area contributed by atoms with Crippen molar-refractivity contribution in [2.24, 2.45) is 22.2 Å². The van der Waals surface area contributed by atoms with Crippen molar-refractivity contribution >= 4 is 71.1 Å². The van der Waals surface area contributed by atoms with Crippen LogP contribution < -0.4 is 54.4 Å². The van der Waals surface area contributed by atoms with Crippen LogP contribution in [0.3, 0.4) is 0 Å². The van der Waals surface area contributed by atoms with E-state index in [1.807, 2.05) is 0 Å². The van der Waals surface area contributed by atoms with Gasteiger partial charge in [-0.05, 0) is 68.7 Å². The second-order valence-electron chi connectivity index (χ2n) is 21.3.